The first-order chi connectivity index (χ1) is 9.61. The van der Waals surface area contributed by atoms with E-state index in [4.69, 9.17) is 16.3 Å². The largest absolute Gasteiger partial charge is 0.504 e. The predicted octanol–water partition coefficient (Wildman–Crippen LogP) is 2.84. The van der Waals surface area contributed by atoms with Gasteiger partial charge in [-0.3, -0.25) is 0 Å². The summed E-state index contributed by atoms with van der Waals surface area (Å²) in [4.78, 5) is 0. The molecule has 0 saturated heterocycles. The molecule has 20 heavy (non-hydrogen) atoms. The van der Waals surface area contributed by atoms with Gasteiger partial charge in [0.25, 0.3) is 0 Å². The van der Waals surface area contributed by atoms with Crippen LogP contribution in [0.2, 0.25) is 5.02 Å². The number of methoxy groups -OCH3 is 1. The minimum Gasteiger partial charge on any atom is -0.504 e. The second-order valence-corrected chi connectivity index (χ2v) is 5.74. The molecule has 1 aliphatic carbocycles. The molecule has 0 heterocycles. The van der Waals surface area contributed by atoms with Crippen LogP contribution in [-0.4, -0.2) is 29.5 Å². The summed E-state index contributed by atoms with van der Waals surface area (Å²) in [5.74, 6) is 0.475. The first-order valence-corrected chi connectivity index (χ1v) is 7.46. The monoisotopic (exact) mass is 299 g/mol. The van der Waals surface area contributed by atoms with Gasteiger partial charge in [0, 0.05) is 29.2 Å². The van der Waals surface area contributed by atoms with E-state index in [0.717, 1.165) is 25.7 Å². The number of aromatic hydroxyl groups is 1. The predicted molar refractivity (Wildman–Crippen MR) is 79.4 cm³/mol. The van der Waals surface area contributed by atoms with Gasteiger partial charge in [0.2, 0.25) is 0 Å². The summed E-state index contributed by atoms with van der Waals surface area (Å²) in [7, 11) is 1.50. The molecule has 0 bridgehead atoms. The normalized spacial score (nSPS) is 23.4. The molecule has 5 heteroatoms. The van der Waals surface area contributed by atoms with Crippen molar-refractivity contribution in [2.75, 3.05) is 7.11 Å². The zero-order valence-corrected chi connectivity index (χ0v) is 12.5. The van der Waals surface area contributed by atoms with E-state index in [1.165, 1.54) is 13.5 Å². The van der Waals surface area contributed by atoms with Crippen molar-refractivity contribution in [1.82, 2.24) is 5.32 Å². The number of benzene rings is 1. The quantitative estimate of drug-likeness (QED) is 0.748. The fourth-order valence-corrected chi connectivity index (χ4v) is 2.92. The first kappa shape index (κ1) is 15.4. The highest BCUT2D eigenvalue weighted by Gasteiger charge is 2.21. The molecule has 0 aliphatic heterocycles. The molecule has 1 aromatic rings. The van der Waals surface area contributed by atoms with Gasteiger partial charge in [0.05, 0.1) is 13.2 Å². The van der Waals surface area contributed by atoms with Crippen LogP contribution >= 0.6 is 11.6 Å². The van der Waals surface area contributed by atoms with Crippen molar-refractivity contribution in [1.29, 1.82) is 0 Å². The van der Waals surface area contributed by atoms with Gasteiger partial charge in [-0.1, -0.05) is 30.9 Å². The Bertz CT molecular complexity index is 453. The van der Waals surface area contributed by atoms with E-state index in [-0.39, 0.29) is 17.9 Å². The van der Waals surface area contributed by atoms with E-state index in [9.17, 15) is 10.2 Å². The number of hydrogen-bond acceptors (Lipinski definition) is 4. The zero-order chi connectivity index (χ0) is 14.5. The molecule has 4 nitrogen and oxygen atoms in total. The van der Waals surface area contributed by atoms with Crippen molar-refractivity contribution >= 4 is 11.6 Å². The van der Waals surface area contributed by atoms with Crippen LogP contribution in [0.15, 0.2) is 12.1 Å². The molecule has 1 aliphatic rings. The highest BCUT2D eigenvalue weighted by atomic mass is 35.5. The van der Waals surface area contributed by atoms with Crippen LogP contribution in [0, 0.1) is 0 Å². The fourth-order valence-electron chi connectivity index (χ4n) is 2.69. The van der Waals surface area contributed by atoms with Crippen LogP contribution in [-0.2, 0) is 6.54 Å². The van der Waals surface area contributed by atoms with Crippen molar-refractivity contribution in [2.45, 2.75) is 50.8 Å². The zero-order valence-electron chi connectivity index (χ0n) is 11.7. The van der Waals surface area contributed by atoms with Gasteiger partial charge in [0.1, 0.15) is 0 Å². The molecule has 1 aromatic carbocycles. The van der Waals surface area contributed by atoms with Crippen molar-refractivity contribution in [2.24, 2.45) is 0 Å². The van der Waals surface area contributed by atoms with Gasteiger partial charge < -0.3 is 20.3 Å². The third kappa shape index (κ3) is 3.78. The number of nitrogens with one attached hydrogen (secondary N) is 1. The third-order valence-electron chi connectivity index (χ3n) is 3.87. The van der Waals surface area contributed by atoms with Gasteiger partial charge in [0.15, 0.2) is 11.5 Å². The number of aliphatic hydroxyl groups is 1. The van der Waals surface area contributed by atoms with E-state index >= 15 is 0 Å². The molecule has 2 atom stereocenters. The van der Waals surface area contributed by atoms with E-state index < -0.39 is 0 Å². The maximum Gasteiger partial charge on any atom is 0.162 e. The summed E-state index contributed by atoms with van der Waals surface area (Å²) in [5.41, 5.74) is 0.686. The maximum absolute atomic E-state index is 10.1. The van der Waals surface area contributed by atoms with E-state index in [1.54, 1.807) is 12.1 Å². The minimum absolute atomic E-state index is 0.0712. The van der Waals surface area contributed by atoms with Crippen LogP contribution in [0.1, 0.15) is 37.7 Å². The number of ether oxygens (including phenoxy) is 1. The molecule has 2 unspecified atom stereocenters. The summed E-state index contributed by atoms with van der Waals surface area (Å²) in [6, 6.07) is 3.37. The molecule has 112 valence electrons. The van der Waals surface area contributed by atoms with Crippen LogP contribution in [0.4, 0.5) is 0 Å². The number of phenolic OH excluding ortho intramolecular Hbond substituents is 1. The number of aliphatic hydroxyl groups excluding tert-OH is 1. The summed E-state index contributed by atoms with van der Waals surface area (Å²) < 4.78 is 5.09. The van der Waals surface area contributed by atoms with Gasteiger partial charge >= 0.3 is 0 Å². The van der Waals surface area contributed by atoms with Gasteiger partial charge in [-0.15, -0.1) is 0 Å². The average molecular weight is 300 g/mol. The van der Waals surface area contributed by atoms with Crippen LogP contribution < -0.4 is 10.1 Å². The smallest absolute Gasteiger partial charge is 0.162 e. The maximum atomic E-state index is 10.1. The van der Waals surface area contributed by atoms with E-state index in [2.05, 4.69) is 5.32 Å². The lowest BCUT2D eigenvalue weighted by atomic mass is 10.1. The molecule has 1 fully saturated rings. The number of hydrogen-bond donors (Lipinski definition) is 3. The van der Waals surface area contributed by atoms with Gasteiger partial charge in [-0.05, 0) is 18.9 Å². The second kappa shape index (κ2) is 7.16. The average Bonchev–Trinajstić information content (AvgIpc) is 2.64. The summed E-state index contributed by atoms with van der Waals surface area (Å²) in [6.45, 7) is 0.463. The summed E-state index contributed by atoms with van der Waals surface area (Å²) in [5, 5.41) is 24.0. The lowest BCUT2D eigenvalue weighted by Crippen LogP contribution is -2.38. The highest BCUT2D eigenvalue weighted by molar-refractivity contribution is 6.30. The van der Waals surface area contributed by atoms with E-state index in [0.29, 0.717) is 22.9 Å². The Labute approximate surface area is 124 Å². The Balaban J connectivity index is 2.04. The molecule has 2 rings (SSSR count). The molecule has 3 N–H and O–H groups in total. The van der Waals surface area contributed by atoms with Gasteiger partial charge in [-0.25, -0.2) is 0 Å². The van der Waals surface area contributed by atoms with Crippen LogP contribution in [0.25, 0.3) is 0 Å². The molecule has 1 saturated carbocycles. The Hall–Kier alpha value is -0.970. The lowest BCUT2D eigenvalue weighted by molar-refractivity contribution is 0.119. The standard InChI is InChI=1S/C15H22ClNO3/c1-20-14-8-11(16)7-10(15(14)19)9-17-12-5-3-2-4-6-13(12)18/h7-8,12-13,17-19H,2-6,9H2,1H3. The molecule has 0 amide bonds. The lowest BCUT2D eigenvalue weighted by Gasteiger charge is -2.22. The van der Waals surface area contributed by atoms with Crippen molar-refractivity contribution in [3.63, 3.8) is 0 Å². The molecular weight excluding hydrogens is 278 g/mol. The Morgan fingerprint density at radius 3 is 2.80 bits per heavy atom. The van der Waals surface area contributed by atoms with Crippen molar-refractivity contribution in [3.8, 4) is 11.5 Å². The van der Waals surface area contributed by atoms with Crippen molar-refractivity contribution in [3.05, 3.63) is 22.7 Å². The molecule has 0 spiro atoms. The van der Waals surface area contributed by atoms with E-state index in [1.807, 2.05) is 0 Å². The Morgan fingerprint density at radius 1 is 1.30 bits per heavy atom. The Kier molecular flexibility index (Phi) is 5.52. The first-order valence-electron chi connectivity index (χ1n) is 7.08. The highest BCUT2D eigenvalue weighted by Crippen LogP contribution is 2.33. The third-order valence-corrected chi connectivity index (χ3v) is 4.09. The van der Waals surface area contributed by atoms with Crippen LogP contribution in [0.5, 0.6) is 11.5 Å². The molecular formula is C15H22ClNO3. The Morgan fingerprint density at radius 2 is 2.05 bits per heavy atom. The summed E-state index contributed by atoms with van der Waals surface area (Å²) in [6.07, 6.45) is 4.85. The SMILES string of the molecule is COc1cc(Cl)cc(CNC2CCCCCC2O)c1O. The fraction of sp³-hybridized carbons (Fsp3) is 0.600. The second-order valence-electron chi connectivity index (χ2n) is 5.31. The number of rotatable bonds is 4. The number of halogens is 1. The van der Waals surface area contributed by atoms with Crippen LogP contribution in [0.3, 0.4) is 0 Å². The minimum atomic E-state index is -0.319. The number of phenols is 1. The molecule has 0 aromatic heterocycles. The topological polar surface area (TPSA) is 61.7 Å². The van der Waals surface area contributed by atoms with Crippen molar-refractivity contribution < 1.29 is 14.9 Å². The molecule has 0 radical (unpaired) electrons. The summed E-state index contributed by atoms with van der Waals surface area (Å²) >= 11 is 6.01. The van der Waals surface area contributed by atoms with Gasteiger partial charge in [-0.2, -0.15) is 0 Å².